The number of aromatic amines is 1. The Morgan fingerprint density at radius 1 is 1.22 bits per heavy atom. The number of aromatic nitrogens is 2. The largest absolute Gasteiger partial charge is 0.467 e. The molecule has 4 aromatic rings. The second-order valence-electron chi connectivity index (χ2n) is 5.81. The van der Waals surface area contributed by atoms with Crippen molar-refractivity contribution in [3.05, 3.63) is 59.2 Å². The maximum Gasteiger partial charge on any atom is 0.231 e. The zero-order valence-corrected chi connectivity index (χ0v) is 16.9. The maximum absolute atomic E-state index is 12.3. The van der Waals surface area contributed by atoms with Gasteiger partial charge in [-0.1, -0.05) is 23.9 Å². The van der Waals surface area contributed by atoms with E-state index in [-0.39, 0.29) is 17.7 Å². The van der Waals surface area contributed by atoms with Gasteiger partial charge in [0.15, 0.2) is 5.16 Å². The molecule has 0 spiro atoms. The lowest BCUT2D eigenvalue weighted by molar-refractivity contribution is -0.119. The molecule has 4 rings (SSSR count). The zero-order valence-electron chi connectivity index (χ0n) is 14.5. The highest BCUT2D eigenvalue weighted by Crippen LogP contribution is 2.36. The number of amides is 1. The van der Waals surface area contributed by atoms with Gasteiger partial charge in [-0.15, -0.1) is 22.7 Å². The van der Waals surface area contributed by atoms with Crippen LogP contribution in [0.1, 0.15) is 18.7 Å². The van der Waals surface area contributed by atoms with E-state index in [9.17, 15) is 4.79 Å². The van der Waals surface area contributed by atoms with Crippen LogP contribution in [0, 0.1) is 0 Å². The molecular formula is C19H17N3O2S3. The summed E-state index contributed by atoms with van der Waals surface area (Å²) in [6, 6.07) is 11.7. The van der Waals surface area contributed by atoms with E-state index in [4.69, 9.17) is 9.40 Å². The van der Waals surface area contributed by atoms with Gasteiger partial charge in [-0.25, -0.2) is 4.98 Å². The molecule has 5 nitrogen and oxygen atoms in total. The number of nitrogens with one attached hydrogen (secondary N) is 2. The van der Waals surface area contributed by atoms with Crippen LogP contribution in [0.25, 0.3) is 21.1 Å². The Morgan fingerprint density at radius 2 is 2.00 bits per heavy atom. The molecule has 4 aromatic heterocycles. The van der Waals surface area contributed by atoms with Gasteiger partial charge < -0.3 is 14.7 Å². The Hall–Kier alpha value is -2.29. The van der Waals surface area contributed by atoms with Gasteiger partial charge in [-0.05, 0) is 41.9 Å². The minimum absolute atomic E-state index is 0.0596. The fourth-order valence-corrected chi connectivity index (χ4v) is 4.76. The topological polar surface area (TPSA) is 70.9 Å². The van der Waals surface area contributed by atoms with Gasteiger partial charge in [-0.2, -0.15) is 0 Å². The maximum atomic E-state index is 12.3. The van der Waals surface area contributed by atoms with Crippen molar-refractivity contribution in [2.24, 2.45) is 0 Å². The number of imidazole rings is 1. The van der Waals surface area contributed by atoms with Gasteiger partial charge >= 0.3 is 0 Å². The van der Waals surface area contributed by atoms with Crippen LogP contribution in [0.5, 0.6) is 0 Å². The monoisotopic (exact) mass is 415 g/mol. The number of carbonyl (C=O) groups is 1. The number of furan rings is 1. The minimum atomic E-state index is -0.159. The van der Waals surface area contributed by atoms with E-state index < -0.39 is 0 Å². The Kier molecular flexibility index (Phi) is 5.47. The average molecular weight is 416 g/mol. The Bertz CT molecular complexity index is 938. The number of hydrogen-bond acceptors (Lipinski definition) is 6. The summed E-state index contributed by atoms with van der Waals surface area (Å²) in [5, 5.41) is 7.76. The number of nitrogens with zero attached hydrogens (tertiary/aromatic N) is 1. The highest BCUT2D eigenvalue weighted by atomic mass is 32.2. The van der Waals surface area contributed by atoms with Crippen molar-refractivity contribution in [3.8, 4) is 21.1 Å². The third-order valence-corrected chi connectivity index (χ3v) is 6.53. The van der Waals surface area contributed by atoms with Gasteiger partial charge in [-0.3, -0.25) is 4.79 Å². The summed E-state index contributed by atoms with van der Waals surface area (Å²) in [6.07, 6.45) is 1.60. The lowest BCUT2D eigenvalue weighted by Crippen LogP contribution is -2.27. The second-order valence-corrected chi connectivity index (χ2v) is 8.67. The Morgan fingerprint density at radius 3 is 2.67 bits per heavy atom. The number of thiophene rings is 2. The molecule has 0 aromatic carbocycles. The van der Waals surface area contributed by atoms with E-state index in [1.807, 2.05) is 41.9 Å². The van der Waals surface area contributed by atoms with E-state index in [1.54, 1.807) is 28.9 Å². The number of rotatable bonds is 7. The van der Waals surface area contributed by atoms with E-state index in [1.165, 1.54) is 11.8 Å². The fourth-order valence-electron chi connectivity index (χ4n) is 2.64. The van der Waals surface area contributed by atoms with Gasteiger partial charge in [0, 0.05) is 0 Å². The molecule has 1 atom stereocenters. The first-order chi connectivity index (χ1) is 13.2. The molecule has 0 saturated heterocycles. The van der Waals surface area contributed by atoms with Crippen LogP contribution >= 0.6 is 34.4 Å². The number of carbonyl (C=O) groups excluding carboxylic acids is 1. The van der Waals surface area contributed by atoms with Crippen molar-refractivity contribution in [2.75, 3.05) is 5.75 Å². The first kappa shape index (κ1) is 18.1. The highest BCUT2D eigenvalue weighted by molar-refractivity contribution is 7.99. The van der Waals surface area contributed by atoms with Crippen LogP contribution in [0.15, 0.2) is 63.0 Å². The van der Waals surface area contributed by atoms with Gasteiger partial charge in [0.05, 0.1) is 33.5 Å². The summed E-state index contributed by atoms with van der Waals surface area (Å²) >= 11 is 4.72. The van der Waals surface area contributed by atoms with E-state index in [2.05, 4.69) is 22.4 Å². The van der Waals surface area contributed by atoms with Gasteiger partial charge in [0.25, 0.3) is 0 Å². The lowest BCUT2D eigenvalue weighted by atomic mass is 10.2. The Labute approximate surface area is 168 Å². The quantitative estimate of drug-likeness (QED) is 0.395. The molecule has 2 N–H and O–H groups in total. The second kappa shape index (κ2) is 8.16. The molecule has 138 valence electrons. The highest BCUT2D eigenvalue weighted by Gasteiger charge is 2.17. The molecule has 0 aliphatic rings. The summed E-state index contributed by atoms with van der Waals surface area (Å²) in [6.45, 7) is 1.90. The lowest BCUT2D eigenvalue weighted by Gasteiger charge is -2.10. The number of H-pyrrole nitrogens is 1. The van der Waals surface area contributed by atoms with Crippen LogP contribution in [0.4, 0.5) is 0 Å². The van der Waals surface area contributed by atoms with Crippen LogP contribution in [-0.4, -0.2) is 21.6 Å². The summed E-state index contributed by atoms with van der Waals surface area (Å²) in [7, 11) is 0. The van der Waals surface area contributed by atoms with Crippen LogP contribution in [0.3, 0.4) is 0 Å². The van der Waals surface area contributed by atoms with Gasteiger partial charge in [0.2, 0.25) is 5.91 Å². The number of hydrogen-bond donors (Lipinski definition) is 2. The summed E-state index contributed by atoms with van der Waals surface area (Å²) < 4.78 is 5.32. The first-order valence-corrected chi connectivity index (χ1v) is 11.1. The molecule has 27 heavy (non-hydrogen) atoms. The first-order valence-electron chi connectivity index (χ1n) is 8.34. The molecule has 0 unspecified atom stereocenters. The van der Waals surface area contributed by atoms with Crippen molar-refractivity contribution >= 4 is 40.3 Å². The molecule has 8 heteroatoms. The van der Waals surface area contributed by atoms with E-state index >= 15 is 0 Å². The van der Waals surface area contributed by atoms with Crippen LogP contribution in [-0.2, 0) is 4.79 Å². The predicted molar refractivity (Wildman–Crippen MR) is 111 cm³/mol. The third kappa shape index (κ3) is 4.18. The fraction of sp³-hybridized carbons (Fsp3) is 0.158. The van der Waals surface area contributed by atoms with Crippen molar-refractivity contribution in [2.45, 2.75) is 18.1 Å². The third-order valence-electron chi connectivity index (χ3n) is 3.89. The molecule has 0 aliphatic carbocycles. The van der Waals surface area contributed by atoms with Crippen molar-refractivity contribution in [3.63, 3.8) is 0 Å². The zero-order chi connectivity index (χ0) is 18.6. The summed E-state index contributed by atoms with van der Waals surface area (Å²) in [4.78, 5) is 22.6. The van der Waals surface area contributed by atoms with E-state index in [0.29, 0.717) is 0 Å². The van der Waals surface area contributed by atoms with Crippen LogP contribution < -0.4 is 5.32 Å². The molecule has 0 saturated carbocycles. The normalized spacial score (nSPS) is 12.2. The smallest absolute Gasteiger partial charge is 0.231 e. The molecular weight excluding hydrogens is 398 g/mol. The van der Waals surface area contributed by atoms with Crippen molar-refractivity contribution in [1.29, 1.82) is 0 Å². The van der Waals surface area contributed by atoms with Gasteiger partial charge in [0.1, 0.15) is 11.5 Å². The van der Waals surface area contributed by atoms with E-state index in [0.717, 1.165) is 32.1 Å². The van der Waals surface area contributed by atoms with Crippen LogP contribution in [0.2, 0.25) is 0 Å². The summed E-state index contributed by atoms with van der Waals surface area (Å²) in [5.74, 6) is 0.966. The molecule has 4 heterocycles. The molecule has 0 fully saturated rings. The molecule has 1 amide bonds. The SMILES string of the molecule is C[C@@H](NC(=O)CSc1nc(-c2cccs2)c(-c2cccs2)[nH]1)c1ccco1. The van der Waals surface area contributed by atoms with Crippen molar-refractivity contribution < 1.29 is 9.21 Å². The minimum Gasteiger partial charge on any atom is -0.467 e. The summed E-state index contributed by atoms with van der Waals surface area (Å²) in [5.41, 5.74) is 1.93. The Balaban J connectivity index is 1.46. The number of thioether (sulfide) groups is 1. The molecule has 0 aliphatic heterocycles. The van der Waals surface area contributed by atoms with Crippen molar-refractivity contribution in [1.82, 2.24) is 15.3 Å². The average Bonchev–Trinajstić information content (AvgIpc) is 3.47. The predicted octanol–water partition coefficient (Wildman–Crippen LogP) is 5.43. The molecule has 0 radical (unpaired) electrons. The standard InChI is InChI=1S/C19H17N3O2S3/c1-12(13-5-2-8-24-13)20-16(23)11-27-19-21-17(14-6-3-9-25-14)18(22-19)15-7-4-10-26-15/h2-10,12H,11H2,1H3,(H,20,23)(H,21,22)/t12-/m1/s1. The molecule has 0 bridgehead atoms.